The van der Waals surface area contributed by atoms with Gasteiger partial charge in [-0.25, -0.2) is 9.37 Å². The highest BCUT2D eigenvalue weighted by molar-refractivity contribution is 5.77. The number of nitrogens with zero attached hydrogens (tertiary/aromatic N) is 1. The maximum absolute atomic E-state index is 13.8. The maximum atomic E-state index is 13.8. The summed E-state index contributed by atoms with van der Waals surface area (Å²) in [5.74, 6) is -0.208. The van der Waals surface area contributed by atoms with Crippen LogP contribution in [0.3, 0.4) is 0 Å². The molecule has 1 aromatic heterocycles. The molecular formula is C21H22FNO4. The van der Waals surface area contributed by atoms with Gasteiger partial charge in [0, 0.05) is 17.8 Å². The Morgan fingerprint density at radius 1 is 1.19 bits per heavy atom. The van der Waals surface area contributed by atoms with Gasteiger partial charge in [-0.05, 0) is 56.4 Å². The molecule has 0 unspecified atom stereocenters. The third-order valence-corrected chi connectivity index (χ3v) is 4.78. The molecule has 0 aliphatic heterocycles. The van der Waals surface area contributed by atoms with Gasteiger partial charge in [0.05, 0.1) is 18.1 Å². The zero-order valence-corrected chi connectivity index (χ0v) is 15.2. The Kier molecular flexibility index (Phi) is 6.16. The fraction of sp³-hybridized carbons (Fsp3) is 0.381. The molecule has 27 heavy (non-hydrogen) atoms. The number of esters is 1. The molecule has 0 bridgehead atoms. The highest BCUT2D eigenvalue weighted by Crippen LogP contribution is 2.29. The van der Waals surface area contributed by atoms with Crippen molar-refractivity contribution in [3.8, 4) is 17.0 Å². The molecule has 1 saturated carbocycles. The van der Waals surface area contributed by atoms with Crippen LogP contribution in [0.25, 0.3) is 11.1 Å². The topological polar surface area (TPSA) is 65.5 Å². The number of benzene rings is 1. The van der Waals surface area contributed by atoms with E-state index in [9.17, 15) is 14.0 Å². The summed E-state index contributed by atoms with van der Waals surface area (Å²) in [6.45, 7) is 2.22. The first kappa shape index (κ1) is 19.0. The molecule has 6 heteroatoms. The van der Waals surface area contributed by atoms with Gasteiger partial charge in [-0.15, -0.1) is 0 Å². The van der Waals surface area contributed by atoms with Crippen molar-refractivity contribution in [2.24, 2.45) is 5.92 Å². The number of hydrogen-bond donors (Lipinski definition) is 0. The Hall–Kier alpha value is -2.76. The predicted octanol–water partition coefficient (Wildman–Crippen LogP) is 4.20. The summed E-state index contributed by atoms with van der Waals surface area (Å²) in [4.78, 5) is 26.8. The van der Waals surface area contributed by atoms with Crippen LogP contribution in [-0.4, -0.2) is 30.0 Å². The average Bonchev–Trinajstić information content (AvgIpc) is 2.69. The first-order chi connectivity index (χ1) is 13.1. The van der Waals surface area contributed by atoms with E-state index in [-0.39, 0.29) is 23.6 Å². The van der Waals surface area contributed by atoms with E-state index >= 15 is 0 Å². The van der Waals surface area contributed by atoms with E-state index in [0.717, 1.165) is 31.2 Å². The van der Waals surface area contributed by atoms with E-state index in [1.807, 2.05) is 13.0 Å². The van der Waals surface area contributed by atoms with E-state index < -0.39 is 5.82 Å². The highest BCUT2D eigenvalue weighted by Gasteiger charge is 2.28. The normalized spacial score (nSPS) is 19.3. The van der Waals surface area contributed by atoms with E-state index in [0.29, 0.717) is 24.3 Å². The number of ether oxygens (including phenoxy) is 2. The van der Waals surface area contributed by atoms with Crippen molar-refractivity contribution in [1.82, 2.24) is 4.98 Å². The minimum atomic E-state index is -0.554. The van der Waals surface area contributed by atoms with Gasteiger partial charge in [-0.1, -0.05) is 6.07 Å². The number of halogens is 1. The number of hydrogen-bond acceptors (Lipinski definition) is 5. The average molecular weight is 371 g/mol. The molecule has 142 valence electrons. The molecule has 0 radical (unpaired) electrons. The molecule has 1 aliphatic carbocycles. The monoisotopic (exact) mass is 371 g/mol. The molecule has 3 rings (SSSR count). The number of carbonyl (C=O) groups excluding carboxylic acids is 2. The van der Waals surface area contributed by atoms with Crippen molar-refractivity contribution >= 4 is 12.3 Å². The van der Waals surface area contributed by atoms with Crippen LogP contribution in [0.4, 0.5) is 4.39 Å². The Bertz CT molecular complexity index is 798. The Morgan fingerprint density at radius 2 is 1.93 bits per heavy atom. The predicted molar refractivity (Wildman–Crippen MR) is 98.0 cm³/mol. The van der Waals surface area contributed by atoms with Gasteiger partial charge < -0.3 is 9.47 Å². The zero-order valence-electron chi connectivity index (χ0n) is 15.2. The van der Waals surface area contributed by atoms with Gasteiger partial charge in [0.15, 0.2) is 6.29 Å². The maximum Gasteiger partial charge on any atom is 0.308 e. The first-order valence-electron chi connectivity index (χ1n) is 9.15. The zero-order chi connectivity index (χ0) is 19.2. The van der Waals surface area contributed by atoms with Gasteiger partial charge in [0.2, 0.25) is 5.88 Å². The lowest BCUT2D eigenvalue weighted by atomic mass is 9.87. The SMILES string of the molecule is CCOC(=O)C1CCC(Oc2ccc(-c3ccc(C=O)c(F)c3)cn2)CC1. The molecule has 0 amide bonds. The van der Waals surface area contributed by atoms with Crippen molar-refractivity contribution in [3.63, 3.8) is 0 Å². The highest BCUT2D eigenvalue weighted by atomic mass is 19.1. The van der Waals surface area contributed by atoms with Crippen molar-refractivity contribution in [1.29, 1.82) is 0 Å². The van der Waals surface area contributed by atoms with E-state index in [2.05, 4.69) is 4.98 Å². The molecule has 1 fully saturated rings. The molecule has 5 nitrogen and oxygen atoms in total. The minimum Gasteiger partial charge on any atom is -0.474 e. The van der Waals surface area contributed by atoms with Crippen LogP contribution in [0.15, 0.2) is 36.5 Å². The van der Waals surface area contributed by atoms with Crippen molar-refractivity contribution < 1.29 is 23.5 Å². The lowest BCUT2D eigenvalue weighted by Crippen LogP contribution is -2.29. The van der Waals surface area contributed by atoms with Crippen LogP contribution in [0.5, 0.6) is 5.88 Å². The van der Waals surface area contributed by atoms with Crippen LogP contribution < -0.4 is 4.74 Å². The van der Waals surface area contributed by atoms with E-state index in [4.69, 9.17) is 9.47 Å². The summed E-state index contributed by atoms with van der Waals surface area (Å²) in [7, 11) is 0. The Balaban J connectivity index is 1.58. The standard InChI is InChI=1S/C21H22FNO4/c1-2-26-21(25)14-5-8-18(9-6-14)27-20-10-7-16(12-23-20)15-3-4-17(13-24)19(22)11-15/h3-4,7,10-14,18H,2,5-6,8-9H2,1H3. The largest absolute Gasteiger partial charge is 0.474 e. The summed E-state index contributed by atoms with van der Waals surface area (Å²) >= 11 is 0. The molecule has 0 atom stereocenters. The quantitative estimate of drug-likeness (QED) is 0.562. The Labute approximate surface area is 157 Å². The van der Waals surface area contributed by atoms with Crippen molar-refractivity contribution in [3.05, 3.63) is 47.9 Å². The number of carbonyl (C=O) groups is 2. The smallest absolute Gasteiger partial charge is 0.308 e. The summed E-state index contributed by atoms with van der Waals surface area (Å²) < 4.78 is 24.7. The van der Waals surface area contributed by atoms with Gasteiger partial charge in [-0.2, -0.15) is 0 Å². The van der Waals surface area contributed by atoms with Crippen LogP contribution in [-0.2, 0) is 9.53 Å². The molecule has 1 aromatic carbocycles. The van der Waals surface area contributed by atoms with Crippen molar-refractivity contribution in [2.75, 3.05) is 6.61 Å². The molecule has 1 aliphatic rings. The molecule has 0 saturated heterocycles. The molecule has 0 N–H and O–H groups in total. The first-order valence-corrected chi connectivity index (χ1v) is 9.15. The van der Waals surface area contributed by atoms with Crippen LogP contribution >= 0.6 is 0 Å². The number of aldehydes is 1. The third kappa shape index (κ3) is 4.70. The summed E-state index contributed by atoms with van der Waals surface area (Å²) in [5, 5.41) is 0. The fourth-order valence-corrected chi connectivity index (χ4v) is 3.27. The lowest BCUT2D eigenvalue weighted by Gasteiger charge is -2.27. The van der Waals surface area contributed by atoms with Gasteiger partial charge in [-0.3, -0.25) is 9.59 Å². The van der Waals surface area contributed by atoms with Crippen molar-refractivity contribution in [2.45, 2.75) is 38.7 Å². The molecular weight excluding hydrogens is 349 g/mol. The molecule has 1 heterocycles. The van der Waals surface area contributed by atoms with Gasteiger partial charge in [0.25, 0.3) is 0 Å². The van der Waals surface area contributed by atoms with E-state index in [1.54, 1.807) is 18.3 Å². The number of aromatic nitrogens is 1. The van der Waals surface area contributed by atoms with Crippen LogP contribution in [0.1, 0.15) is 43.0 Å². The van der Waals surface area contributed by atoms with Gasteiger partial charge >= 0.3 is 5.97 Å². The van der Waals surface area contributed by atoms with Gasteiger partial charge in [0.1, 0.15) is 11.9 Å². The second kappa shape index (κ2) is 8.75. The fourth-order valence-electron chi connectivity index (χ4n) is 3.27. The summed E-state index contributed by atoms with van der Waals surface area (Å²) in [6, 6.07) is 8.00. The molecule has 0 spiro atoms. The summed E-state index contributed by atoms with van der Waals surface area (Å²) in [6.07, 6.45) is 5.21. The Morgan fingerprint density at radius 3 is 2.52 bits per heavy atom. The minimum absolute atomic E-state index is 0.0262. The number of rotatable bonds is 6. The second-order valence-corrected chi connectivity index (χ2v) is 6.58. The summed E-state index contributed by atoms with van der Waals surface area (Å²) in [5.41, 5.74) is 1.42. The number of pyridine rings is 1. The lowest BCUT2D eigenvalue weighted by molar-refractivity contribution is -0.149. The van der Waals surface area contributed by atoms with E-state index in [1.165, 1.54) is 12.1 Å². The van der Waals surface area contributed by atoms with Crippen LogP contribution in [0.2, 0.25) is 0 Å². The second-order valence-electron chi connectivity index (χ2n) is 6.58. The molecule has 2 aromatic rings. The third-order valence-electron chi connectivity index (χ3n) is 4.78. The van der Waals surface area contributed by atoms with Crippen LogP contribution in [0, 0.1) is 11.7 Å².